The van der Waals surface area contributed by atoms with Gasteiger partial charge in [0.1, 0.15) is 11.9 Å². The van der Waals surface area contributed by atoms with Crippen LogP contribution in [0.5, 0.6) is 5.75 Å². The average Bonchev–Trinajstić information content (AvgIpc) is 2.65. The molecule has 1 aliphatic heterocycles. The molecule has 0 aromatic heterocycles. The molecule has 1 N–H and O–H groups in total. The third-order valence-electron chi connectivity index (χ3n) is 3.65. The van der Waals surface area contributed by atoms with Gasteiger partial charge >= 0.3 is 0 Å². The van der Waals surface area contributed by atoms with E-state index >= 15 is 0 Å². The van der Waals surface area contributed by atoms with Crippen LogP contribution in [0.2, 0.25) is 5.02 Å². The SMILES string of the molecule is Cc1ccc(OC2CCc3ccccc3NC2)c(Cl)c1. The molecule has 2 aromatic rings. The summed E-state index contributed by atoms with van der Waals surface area (Å²) in [5.74, 6) is 0.773. The second-order valence-electron chi connectivity index (χ2n) is 5.25. The number of fused-ring (bicyclic) bond motifs is 1. The van der Waals surface area contributed by atoms with Crippen molar-refractivity contribution in [2.45, 2.75) is 25.9 Å². The summed E-state index contributed by atoms with van der Waals surface area (Å²) in [5, 5.41) is 4.15. The van der Waals surface area contributed by atoms with Gasteiger partial charge in [-0.05, 0) is 49.1 Å². The summed E-state index contributed by atoms with van der Waals surface area (Å²) in [4.78, 5) is 0. The zero-order valence-electron chi connectivity index (χ0n) is 11.5. The van der Waals surface area contributed by atoms with E-state index in [-0.39, 0.29) is 6.10 Å². The topological polar surface area (TPSA) is 21.3 Å². The summed E-state index contributed by atoms with van der Waals surface area (Å²) >= 11 is 6.23. The van der Waals surface area contributed by atoms with Gasteiger partial charge in [0.25, 0.3) is 0 Å². The molecule has 1 atom stereocenters. The van der Waals surface area contributed by atoms with E-state index in [9.17, 15) is 0 Å². The standard InChI is InChI=1S/C17H18ClNO/c1-12-6-9-17(15(18)10-12)20-14-8-7-13-4-2-3-5-16(13)19-11-14/h2-6,9-10,14,19H,7-8,11H2,1H3. The number of nitrogens with one attached hydrogen (secondary N) is 1. The number of rotatable bonds is 2. The lowest BCUT2D eigenvalue weighted by Gasteiger charge is -2.18. The first-order valence-corrected chi connectivity index (χ1v) is 7.35. The van der Waals surface area contributed by atoms with E-state index in [1.165, 1.54) is 11.3 Å². The number of hydrogen-bond acceptors (Lipinski definition) is 2. The molecule has 0 spiro atoms. The molecule has 104 valence electrons. The predicted molar refractivity (Wildman–Crippen MR) is 83.9 cm³/mol. The van der Waals surface area contributed by atoms with Crippen LogP contribution in [0.4, 0.5) is 5.69 Å². The summed E-state index contributed by atoms with van der Waals surface area (Å²) < 4.78 is 6.06. The number of para-hydroxylation sites is 1. The Morgan fingerprint density at radius 1 is 1.20 bits per heavy atom. The van der Waals surface area contributed by atoms with E-state index in [2.05, 4.69) is 29.6 Å². The van der Waals surface area contributed by atoms with Gasteiger partial charge in [-0.15, -0.1) is 0 Å². The Hall–Kier alpha value is -1.67. The van der Waals surface area contributed by atoms with Gasteiger partial charge in [-0.25, -0.2) is 0 Å². The molecule has 1 unspecified atom stereocenters. The molecule has 0 fully saturated rings. The van der Waals surface area contributed by atoms with Crippen molar-refractivity contribution in [2.75, 3.05) is 11.9 Å². The van der Waals surface area contributed by atoms with Crippen LogP contribution in [-0.4, -0.2) is 12.6 Å². The Kier molecular flexibility index (Phi) is 3.83. The smallest absolute Gasteiger partial charge is 0.138 e. The van der Waals surface area contributed by atoms with Crippen LogP contribution >= 0.6 is 11.6 Å². The molecule has 20 heavy (non-hydrogen) atoms. The third kappa shape index (κ3) is 2.91. The summed E-state index contributed by atoms with van der Waals surface area (Å²) in [7, 11) is 0. The first-order valence-electron chi connectivity index (χ1n) is 6.97. The minimum Gasteiger partial charge on any atom is -0.487 e. The van der Waals surface area contributed by atoms with Crippen molar-refractivity contribution in [3.8, 4) is 5.75 Å². The van der Waals surface area contributed by atoms with E-state index < -0.39 is 0 Å². The fraction of sp³-hybridized carbons (Fsp3) is 0.294. The maximum Gasteiger partial charge on any atom is 0.138 e. The molecule has 2 aromatic carbocycles. The molecule has 0 saturated heterocycles. The summed E-state index contributed by atoms with van der Waals surface area (Å²) in [6.45, 7) is 2.83. The molecule has 2 nitrogen and oxygen atoms in total. The quantitative estimate of drug-likeness (QED) is 0.881. The number of halogens is 1. The van der Waals surface area contributed by atoms with Crippen molar-refractivity contribution in [3.05, 3.63) is 58.6 Å². The van der Waals surface area contributed by atoms with E-state index in [4.69, 9.17) is 16.3 Å². The van der Waals surface area contributed by atoms with Gasteiger partial charge in [0.2, 0.25) is 0 Å². The van der Waals surface area contributed by atoms with E-state index in [1.54, 1.807) is 0 Å². The third-order valence-corrected chi connectivity index (χ3v) is 3.95. The molecular weight excluding hydrogens is 270 g/mol. The maximum atomic E-state index is 6.23. The van der Waals surface area contributed by atoms with Crippen molar-refractivity contribution in [2.24, 2.45) is 0 Å². The fourth-order valence-electron chi connectivity index (χ4n) is 2.53. The van der Waals surface area contributed by atoms with Crippen LogP contribution in [0.3, 0.4) is 0 Å². The fourth-order valence-corrected chi connectivity index (χ4v) is 2.81. The van der Waals surface area contributed by atoms with Gasteiger partial charge < -0.3 is 10.1 Å². The maximum absolute atomic E-state index is 6.23. The van der Waals surface area contributed by atoms with Gasteiger partial charge in [0.05, 0.1) is 11.6 Å². The van der Waals surface area contributed by atoms with Crippen molar-refractivity contribution in [3.63, 3.8) is 0 Å². The number of ether oxygens (including phenoxy) is 1. The van der Waals surface area contributed by atoms with Gasteiger partial charge in [-0.2, -0.15) is 0 Å². The Balaban J connectivity index is 1.71. The zero-order chi connectivity index (χ0) is 13.9. The molecule has 0 aliphatic carbocycles. The molecule has 1 heterocycles. The van der Waals surface area contributed by atoms with Crippen molar-refractivity contribution < 1.29 is 4.74 Å². The Labute approximate surface area is 124 Å². The first kappa shape index (κ1) is 13.3. The molecular formula is C17H18ClNO. The van der Waals surface area contributed by atoms with Crippen LogP contribution in [0, 0.1) is 6.92 Å². The highest BCUT2D eigenvalue weighted by Gasteiger charge is 2.17. The van der Waals surface area contributed by atoms with Gasteiger partial charge in [0, 0.05) is 5.69 Å². The zero-order valence-corrected chi connectivity index (χ0v) is 12.3. The van der Waals surface area contributed by atoms with Gasteiger partial charge in [-0.3, -0.25) is 0 Å². The summed E-state index contributed by atoms with van der Waals surface area (Å²) in [6, 6.07) is 14.4. The average molecular weight is 288 g/mol. The van der Waals surface area contributed by atoms with E-state index in [0.29, 0.717) is 5.02 Å². The van der Waals surface area contributed by atoms with Gasteiger partial charge in [-0.1, -0.05) is 35.9 Å². The van der Waals surface area contributed by atoms with Crippen molar-refractivity contribution >= 4 is 17.3 Å². The van der Waals surface area contributed by atoms with Gasteiger partial charge in [0.15, 0.2) is 0 Å². The van der Waals surface area contributed by atoms with E-state index in [0.717, 1.165) is 30.7 Å². The lowest BCUT2D eigenvalue weighted by molar-refractivity contribution is 0.206. The highest BCUT2D eigenvalue weighted by Crippen LogP contribution is 2.28. The summed E-state index contributed by atoms with van der Waals surface area (Å²) in [6.07, 6.45) is 2.16. The van der Waals surface area contributed by atoms with Crippen LogP contribution in [0.1, 0.15) is 17.5 Å². The number of benzene rings is 2. The first-order chi connectivity index (χ1) is 9.72. The highest BCUT2D eigenvalue weighted by molar-refractivity contribution is 6.32. The molecule has 3 rings (SSSR count). The van der Waals surface area contributed by atoms with Crippen molar-refractivity contribution in [1.82, 2.24) is 0 Å². The Bertz CT molecular complexity index is 585. The Morgan fingerprint density at radius 3 is 2.90 bits per heavy atom. The van der Waals surface area contributed by atoms with Crippen LogP contribution < -0.4 is 10.1 Å². The second kappa shape index (κ2) is 5.76. The van der Waals surface area contributed by atoms with Crippen molar-refractivity contribution in [1.29, 1.82) is 0 Å². The number of anilines is 1. The molecule has 3 heteroatoms. The lowest BCUT2D eigenvalue weighted by Crippen LogP contribution is -2.25. The molecule has 0 radical (unpaired) electrons. The summed E-state index contributed by atoms with van der Waals surface area (Å²) in [5.41, 5.74) is 3.72. The predicted octanol–water partition coefficient (Wildman–Crippen LogP) is 4.45. The molecule has 0 amide bonds. The van der Waals surface area contributed by atoms with Crippen LogP contribution in [0.25, 0.3) is 0 Å². The highest BCUT2D eigenvalue weighted by atomic mass is 35.5. The monoisotopic (exact) mass is 287 g/mol. The normalized spacial score (nSPS) is 17.8. The van der Waals surface area contributed by atoms with Crippen LogP contribution in [0.15, 0.2) is 42.5 Å². The molecule has 0 saturated carbocycles. The number of hydrogen-bond donors (Lipinski definition) is 1. The Morgan fingerprint density at radius 2 is 2.05 bits per heavy atom. The van der Waals surface area contributed by atoms with E-state index in [1.807, 2.05) is 25.1 Å². The molecule has 0 bridgehead atoms. The minimum absolute atomic E-state index is 0.141. The molecule has 1 aliphatic rings. The minimum atomic E-state index is 0.141. The lowest BCUT2D eigenvalue weighted by atomic mass is 10.1. The van der Waals surface area contributed by atoms with Crippen LogP contribution in [-0.2, 0) is 6.42 Å². The second-order valence-corrected chi connectivity index (χ2v) is 5.66. The largest absolute Gasteiger partial charge is 0.487 e. The number of aryl methyl sites for hydroxylation is 2.